The number of carbonyl (C=O) groups is 1. The van der Waals surface area contributed by atoms with E-state index in [1.807, 2.05) is 0 Å². The van der Waals surface area contributed by atoms with Crippen LogP contribution in [0.15, 0.2) is 12.1 Å². The number of amides is 1. The number of rotatable bonds is 8. The van der Waals surface area contributed by atoms with Gasteiger partial charge in [0.2, 0.25) is 0 Å². The number of benzene rings is 1. The molecular formula is C21H35N3O3+2. The van der Waals surface area contributed by atoms with Gasteiger partial charge in [0.05, 0.1) is 14.2 Å². The molecule has 1 aromatic rings. The molecule has 1 saturated carbocycles. The molecule has 150 valence electrons. The van der Waals surface area contributed by atoms with Crippen LogP contribution in [0.25, 0.3) is 0 Å². The summed E-state index contributed by atoms with van der Waals surface area (Å²) in [4.78, 5) is 15.2. The van der Waals surface area contributed by atoms with E-state index in [1.165, 1.54) is 28.9 Å². The zero-order chi connectivity index (χ0) is 19.4. The summed E-state index contributed by atoms with van der Waals surface area (Å²) in [5, 5.41) is 3.18. The van der Waals surface area contributed by atoms with Gasteiger partial charge in [-0.25, -0.2) is 0 Å². The molecule has 1 aliphatic carbocycles. The number of piperazine rings is 1. The van der Waals surface area contributed by atoms with Crippen LogP contribution in [-0.4, -0.2) is 58.9 Å². The van der Waals surface area contributed by atoms with Crippen LogP contribution in [0.4, 0.5) is 0 Å². The predicted octanol–water partition coefficient (Wildman–Crippen LogP) is -0.790. The Morgan fingerprint density at radius 3 is 2.30 bits per heavy atom. The zero-order valence-corrected chi connectivity index (χ0v) is 17.2. The Morgan fingerprint density at radius 1 is 1.11 bits per heavy atom. The lowest BCUT2D eigenvalue weighted by molar-refractivity contribution is -1.02. The van der Waals surface area contributed by atoms with Crippen molar-refractivity contribution < 1.29 is 24.1 Å². The summed E-state index contributed by atoms with van der Waals surface area (Å²) >= 11 is 0. The normalized spacial score (nSPS) is 23.6. The standard InChI is InChI=1S/C21H33N3O3/c1-15-11-19(26-3)20(27-4)12-18(15)13-23-7-9-24(10-8-23)14-21(25)22-16(2)17-5-6-17/h11-12,16-17H,5-10,13-14H2,1-4H3,(H,22,25)/p+2/t16-/m0/s1. The molecule has 0 bridgehead atoms. The first-order valence-electron chi connectivity index (χ1n) is 10.2. The Morgan fingerprint density at radius 2 is 1.70 bits per heavy atom. The molecule has 1 atom stereocenters. The second-order valence-electron chi connectivity index (χ2n) is 8.18. The molecule has 6 heteroatoms. The maximum absolute atomic E-state index is 12.2. The van der Waals surface area contributed by atoms with E-state index in [4.69, 9.17) is 9.47 Å². The van der Waals surface area contributed by atoms with E-state index in [0.717, 1.165) is 50.1 Å². The number of ether oxygens (including phenoxy) is 2. The van der Waals surface area contributed by atoms with Crippen LogP contribution in [0.2, 0.25) is 0 Å². The Hall–Kier alpha value is -1.79. The first-order chi connectivity index (χ1) is 13.0. The van der Waals surface area contributed by atoms with Gasteiger partial charge in [-0.3, -0.25) is 4.79 Å². The van der Waals surface area contributed by atoms with Gasteiger partial charge in [0, 0.05) is 11.6 Å². The van der Waals surface area contributed by atoms with Gasteiger partial charge in [-0.1, -0.05) is 0 Å². The lowest BCUT2D eigenvalue weighted by Gasteiger charge is -2.30. The molecule has 1 saturated heterocycles. The third-order valence-corrected chi connectivity index (χ3v) is 6.08. The highest BCUT2D eigenvalue weighted by Crippen LogP contribution is 2.32. The number of nitrogens with one attached hydrogen (secondary N) is 3. The first-order valence-corrected chi connectivity index (χ1v) is 10.2. The second-order valence-corrected chi connectivity index (χ2v) is 8.18. The third kappa shape index (κ3) is 5.36. The molecular weight excluding hydrogens is 342 g/mol. The lowest BCUT2D eigenvalue weighted by atomic mass is 10.1. The van der Waals surface area contributed by atoms with E-state index in [2.05, 4.69) is 31.3 Å². The minimum Gasteiger partial charge on any atom is -0.493 e. The van der Waals surface area contributed by atoms with Gasteiger partial charge in [0.15, 0.2) is 18.0 Å². The molecule has 1 aliphatic heterocycles. The SMILES string of the molecule is COc1cc(C)c(C[NH+]2CC[NH+](CC(=O)N[C@@H](C)C3CC3)CC2)cc1OC. The Bertz CT molecular complexity index is 652. The maximum Gasteiger partial charge on any atom is 0.275 e. The minimum atomic E-state index is 0.212. The van der Waals surface area contributed by atoms with E-state index >= 15 is 0 Å². The van der Waals surface area contributed by atoms with Crippen molar-refractivity contribution in [3.05, 3.63) is 23.3 Å². The summed E-state index contributed by atoms with van der Waals surface area (Å²) in [6, 6.07) is 4.50. The van der Waals surface area contributed by atoms with Crippen LogP contribution < -0.4 is 24.6 Å². The largest absolute Gasteiger partial charge is 0.493 e. The van der Waals surface area contributed by atoms with Crippen molar-refractivity contribution in [2.45, 2.75) is 39.3 Å². The fourth-order valence-electron chi connectivity index (χ4n) is 4.04. The molecule has 3 N–H and O–H groups in total. The topological polar surface area (TPSA) is 56.4 Å². The van der Waals surface area contributed by atoms with Crippen molar-refractivity contribution in [2.75, 3.05) is 46.9 Å². The zero-order valence-electron chi connectivity index (χ0n) is 17.2. The molecule has 1 aromatic carbocycles. The molecule has 6 nitrogen and oxygen atoms in total. The Kier molecular flexibility index (Phi) is 6.60. The summed E-state index contributed by atoms with van der Waals surface area (Å²) in [5.41, 5.74) is 2.55. The number of hydrogen-bond donors (Lipinski definition) is 3. The van der Waals surface area contributed by atoms with Gasteiger partial charge in [0.1, 0.15) is 32.7 Å². The molecule has 1 heterocycles. The van der Waals surface area contributed by atoms with E-state index in [0.29, 0.717) is 12.6 Å². The number of methoxy groups -OCH3 is 2. The summed E-state index contributed by atoms with van der Waals surface area (Å²) in [6.45, 7) is 10.1. The molecule has 0 radical (unpaired) electrons. The number of aryl methyl sites for hydroxylation is 1. The van der Waals surface area contributed by atoms with Crippen LogP contribution in [0.3, 0.4) is 0 Å². The Labute approximate surface area is 162 Å². The van der Waals surface area contributed by atoms with Crippen LogP contribution in [0.1, 0.15) is 30.9 Å². The molecule has 2 aliphatic rings. The highest BCUT2D eigenvalue weighted by molar-refractivity contribution is 5.77. The molecule has 0 unspecified atom stereocenters. The van der Waals surface area contributed by atoms with Gasteiger partial charge < -0.3 is 24.6 Å². The van der Waals surface area contributed by atoms with Gasteiger partial charge in [-0.05, 0) is 50.3 Å². The summed E-state index contributed by atoms with van der Waals surface area (Å²) in [5.74, 6) is 2.51. The van der Waals surface area contributed by atoms with E-state index in [9.17, 15) is 4.79 Å². The van der Waals surface area contributed by atoms with Crippen molar-refractivity contribution in [2.24, 2.45) is 5.92 Å². The summed E-state index contributed by atoms with van der Waals surface area (Å²) in [6.07, 6.45) is 2.54. The average Bonchev–Trinajstić information content (AvgIpc) is 3.49. The van der Waals surface area contributed by atoms with Gasteiger partial charge in [-0.15, -0.1) is 0 Å². The molecule has 3 rings (SSSR count). The van der Waals surface area contributed by atoms with Crippen molar-refractivity contribution in [1.29, 1.82) is 0 Å². The van der Waals surface area contributed by atoms with Crippen LogP contribution in [0.5, 0.6) is 11.5 Å². The average molecular weight is 378 g/mol. The van der Waals surface area contributed by atoms with Gasteiger partial charge in [-0.2, -0.15) is 0 Å². The van der Waals surface area contributed by atoms with Crippen LogP contribution in [-0.2, 0) is 11.3 Å². The summed E-state index contributed by atoms with van der Waals surface area (Å²) < 4.78 is 10.8. The Balaban J connectivity index is 1.47. The molecule has 0 aromatic heterocycles. The van der Waals surface area contributed by atoms with Crippen molar-refractivity contribution in [3.63, 3.8) is 0 Å². The molecule has 2 fully saturated rings. The number of hydrogen-bond acceptors (Lipinski definition) is 3. The van der Waals surface area contributed by atoms with Crippen molar-refractivity contribution >= 4 is 5.91 Å². The molecule has 1 amide bonds. The third-order valence-electron chi connectivity index (χ3n) is 6.08. The second kappa shape index (κ2) is 8.93. The van der Waals surface area contributed by atoms with Crippen molar-refractivity contribution in [1.82, 2.24) is 5.32 Å². The molecule has 0 spiro atoms. The van der Waals surface area contributed by atoms with E-state index in [1.54, 1.807) is 19.1 Å². The van der Waals surface area contributed by atoms with Crippen LogP contribution in [0, 0.1) is 12.8 Å². The predicted molar refractivity (Wildman–Crippen MR) is 105 cm³/mol. The fraction of sp³-hybridized carbons (Fsp3) is 0.667. The van der Waals surface area contributed by atoms with Gasteiger partial charge >= 0.3 is 0 Å². The highest BCUT2D eigenvalue weighted by atomic mass is 16.5. The summed E-state index contributed by atoms with van der Waals surface area (Å²) in [7, 11) is 3.35. The lowest BCUT2D eigenvalue weighted by Crippen LogP contribution is -3.28. The van der Waals surface area contributed by atoms with E-state index in [-0.39, 0.29) is 5.91 Å². The van der Waals surface area contributed by atoms with E-state index < -0.39 is 0 Å². The van der Waals surface area contributed by atoms with Crippen molar-refractivity contribution in [3.8, 4) is 11.5 Å². The van der Waals surface area contributed by atoms with Crippen LogP contribution >= 0.6 is 0 Å². The number of quaternary nitrogens is 2. The monoisotopic (exact) mass is 377 g/mol. The first kappa shape index (κ1) is 20.0. The highest BCUT2D eigenvalue weighted by Gasteiger charge is 2.30. The minimum absolute atomic E-state index is 0.212. The molecule has 27 heavy (non-hydrogen) atoms. The smallest absolute Gasteiger partial charge is 0.275 e. The maximum atomic E-state index is 12.2. The fourth-order valence-corrected chi connectivity index (χ4v) is 4.04. The van der Waals surface area contributed by atoms with Gasteiger partial charge in [0.25, 0.3) is 5.91 Å². The quantitative estimate of drug-likeness (QED) is 0.557. The number of carbonyl (C=O) groups excluding carboxylic acids is 1.